The second-order valence-corrected chi connectivity index (χ2v) is 5.40. The van der Waals surface area contributed by atoms with Crippen molar-refractivity contribution < 1.29 is 0 Å². The van der Waals surface area contributed by atoms with E-state index in [4.69, 9.17) is 11.6 Å². The molecule has 0 aliphatic carbocycles. The zero-order chi connectivity index (χ0) is 13.3. The molecule has 0 aliphatic heterocycles. The molecule has 2 aromatic heterocycles. The Morgan fingerprint density at radius 1 is 1.50 bits per heavy atom. The van der Waals surface area contributed by atoms with Gasteiger partial charge >= 0.3 is 0 Å². The first-order chi connectivity index (χ1) is 8.54. The molecule has 0 aliphatic rings. The third kappa shape index (κ3) is 2.44. The quantitative estimate of drug-likeness (QED) is 0.766. The number of hydrogen-bond acceptors (Lipinski definition) is 3. The third-order valence-corrected chi connectivity index (χ3v) is 3.86. The predicted molar refractivity (Wildman–Crippen MR) is 77.9 cm³/mol. The summed E-state index contributed by atoms with van der Waals surface area (Å²) in [4.78, 5) is 15.9. The van der Waals surface area contributed by atoms with E-state index < -0.39 is 0 Å². The fourth-order valence-corrected chi connectivity index (χ4v) is 2.51. The summed E-state index contributed by atoms with van der Waals surface area (Å²) < 4.78 is 3.83. The van der Waals surface area contributed by atoms with Gasteiger partial charge in [-0.05, 0) is 29.0 Å². The van der Waals surface area contributed by atoms with Crippen molar-refractivity contribution >= 4 is 34.2 Å². The molecule has 0 fully saturated rings. The van der Waals surface area contributed by atoms with E-state index in [1.165, 1.54) is 10.9 Å². The highest BCUT2D eigenvalue weighted by Gasteiger charge is 2.14. The van der Waals surface area contributed by atoms with Gasteiger partial charge in [0.05, 0.1) is 32.9 Å². The number of hydrogen-bond donors (Lipinski definition) is 0. The molecule has 2 rings (SSSR count). The Morgan fingerprint density at radius 2 is 2.22 bits per heavy atom. The fourth-order valence-electron chi connectivity index (χ4n) is 1.69. The Balaban J connectivity index is 2.43. The molecule has 5 nitrogen and oxygen atoms in total. The number of nitrogens with zero attached hydrogens (tertiary/aromatic N) is 4. The Labute approximate surface area is 123 Å². The van der Waals surface area contributed by atoms with Crippen LogP contribution in [0.5, 0.6) is 0 Å². The van der Waals surface area contributed by atoms with Crippen LogP contribution in [-0.4, -0.2) is 19.3 Å². The van der Waals surface area contributed by atoms with Gasteiger partial charge in [-0.3, -0.25) is 14.0 Å². The number of halogens is 2. The van der Waals surface area contributed by atoms with Crippen LogP contribution < -0.4 is 5.56 Å². The SMILES string of the molecule is CCc1nn(C)c(Cn2cncc(I)c2=O)c1Cl. The molecule has 18 heavy (non-hydrogen) atoms. The van der Waals surface area contributed by atoms with Crippen LogP contribution in [0.4, 0.5) is 0 Å². The molecule has 0 aromatic carbocycles. The van der Waals surface area contributed by atoms with E-state index in [9.17, 15) is 4.79 Å². The van der Waals surface area contributed by atoms with Gasteiger partial charge in [-0.1, -0.05) is 18.5 Å². The summed E-state index contributed by atoms with van der Waals surface area (Å²) in [6.07, 6.45) is 3.83. The molecule has 0 radical (unpaired) electrons. The Hall–Kier alpha value is -0.890. The summed E-state index contributed by atoms with van der Waals surface area (Å²) in [7, 11) is 1.83. The largest absolute Gasteiger partial charge is 0.292 e. The minimum Gasteiger partial charge on any atom is -0.292 e. The van der Waals surface area contributed by atoms with Gasteiger partial charge in [0.2, 0.25) is 0 Å². The molecule has 96 valence electrons. The first kappa shape index (κ1) is 13.5. The third-order valence-electron chi connectivity index (χ3n) is 2.68. The first-order valence-electron chi connectivity index (χ1n) is 5.44. The molecule has 0 saturated heterocycles. The van der Waals surface area contributed by atoms with E-state index in [2.05, 4.69) is 10.1 Å². The number of aryl methyl sites for hydroxylation is 2. The summed E-state index contributed by atoms with van der Waals surface area (Å²) in [5.74, 6) is 0. The average molecular weight is 379 g/mol. The maximum Gasteiger partial charge on any atom is 0.267 e. The smallest absolute Gasteiger partial charge is 0.267 e. The van der Waals surface area contributed by atoms with Gasteiger partial charge in [0, 0.05) is 13.2 Å². The first-order valence-corrected chi connectivity index (χ1v) is 6.90. The normalized spacial score (nSPS) is 10.9. The lowest BCUT2D eigenvalue weighted by Crippen LogP contribution is -2.24. The topological polar surface area (TPSA) is 52.7 Å². The van der Waals surface area contributed by atoms with Crippen LogP contribution in [-0.2, 0) is 20.0 Å². The van der Waals surface area contributed by atoms with Crippen LogP contribution >= 0.6 is 34.2 Å². The molecule has 7 heteroatoms. The van der Waals surface area contributed by atoms with E-state index in [1.807, 2.05) is 36.6 Å². The van der Waals surface area contributed by atoms with Crippen LogP contribution in [0.25, 0.3) is 0 Å². The maximum absolute atomic E-state index is 11.9. The van der Waals surface area contributed by atoms with Crippen LogP contribution in [0.3, 0.4) is 0 Å². The summed E-state index contributed by atoms with van der Waals surface area (Å²) >= 11 is 8.22. The standard InChI is InChI=1S/C11H12ClIN4O/c1-3-8-10(12)9(16(2)15-8)5-17-6-14-4-7(13)11(17)18/h4,6H,3,5H2,1-2H3. The van der Waals surface area contributed by atoms with Crippen molar-refractivity contribution in [2.45, 2.75) is 19.9 Å². The summed E-state index contributed by atoms with van der Waals surface area (Å²) in [6.45, 7) is 2.38. The van der Waals surface area contributed by atoms with Gasteiger partial charge in [-0.15, -0.1) is 0 Å². The molecule has 0 atom stereocenters. The van der Waals surface area contributed by atoms with Crippen molar-refractivity contribution in [3.8, 4) is 0 Å². The average Bonchev–Trinajstić information content (AvgIpc) is 2.62. The van der Waals surface area contributed by atoms with Crippen LogP contribution in [0.15, 0.2) is 17.3 Å². The Kier molecular flexibility index (Phi) is 4.06. The molecule has 0 saturated carbocycles. The maximum atomic E-state index is 11.9. The summed E-state index contributed by atoms with van der Waals surface area (Å²) in [6, 6.07) is 0. The molecule has 2 heterocycles. The van der Waals surface area contributed by atoms with Crippen molar-refractivity contribution in [3.05, 3.63) is 42.9 Å². The number of aromatic nitrogens is 4. The van der Waals surface area contributed by atoms with E-state index in [1.54, 1.807) is 10.9 Å². The lowest BCUT2D eigenvalue weighted by Gasteiger charge is -2.06. The van der Waals surface area contributed by atoms with Crippen molar-refractivity contribution in [1.82, 2.24) is 19.3 Å². The minimum atomic E-state index is -0.0686. The van der Waals surface area contributed by atoms with Crippen molar-refractivity contribution in [2.24, 2.45) is 7.05 Å². The lowest BCUT2D eigenvalue weighted by molar-refractivity contribution is 0.640. The van der Waals surface area contributed by atoms with E-state index in [0.717, 1.165) is 17.8 Å². The van der Waals surface area contributed by atoms with Gasteiger partial charge in [0.1, 0.15) is 0 Å². The van der Waals surface area contributed by atoms with E-state index in [0.29, 0.717) is 15.1 Å². The molecule has 0 amide bonds. The van der Waals surface area contributed by atoms with Crippen LogP contribution in [0.1, 0.15) is 18.3 Å². The molecular weight excluding hydrogens is 367 g/mol. The Bertz CT molecular complexity index is 634. The molecule has 0 spiro atoms. The lowest BCUT2D eigenvalue weighted by atomic mass is 10.3. The second kappa shape index (κ2) is 5.40. The van der Waals surface area contributed by atoms with Crippen molar-refractivity contribution in [3.63, 3.8) is 0 Å². The van der Waals surface area contributed by atoms with Gasteiger partial charge in [0.15, 0.2) is 0 Å². The Morgan fingerprint density at radius 3 is 2.83 bits per heavy atom. The van der Waals surface area contributed by atoms with Crippen molar-refractivity contribution in [2.75, 3.05) is 0 Å². The molecule has 2 aromatic rings. The summed E-state index contributed by atoms with van der Waals surface area (Å²) in [5.41, 5.74) is 1.60. The molecular formula is C11H12ClIN4O. The highest BCUT2D eigenvalue weighted by Crippen LogP contribution is 2.21. The van der Waals surface area contributed by atoms with Crippen LogP contribution in [0, 0.1) is 3.57 Å². The van der Waals surface area contributed by atoms with Crippen molar-refractivity contribution in [1.29, 1.82) is 0 Å². The van der Waals surface area contributed by atoms with Crippen LogP contribution in [0.2, 0.25) is 5.02 Å². The van der Waals surface area contributed by atoms with E-state index >= 15 is 0 Å². The fraction of sp³-hybridized carbons (Fsp3) is 0.364. The van der Waals surface area contributed by atoms with Gasteiger partial charge in [-0.25, -0.2) is 4.98 Å². The van der Waals surface area contributed by atoms with E-state index in [-0.39, 0.29) is 5.56 Å². The molecule has 0 unspecified atom stereocenters. The summed E-state index contributed by atoms with van der Waals surface area (Å²) in [5, 5.41) is 4.95. The zero-order valence-electron chi connectivity index (χ0n) is 10.0. The predicted octanol–water partition coefficient (Wildman–Crippen LogP) is 1.85. The van der Waals surface area contributed by atoms with Gasteiger partial charge in [-0.2, -0.15) is 5.10 Å². The molecule has 0 bridgehead atoms. The highest BCUT2D eigenvalue weighted by atomic mass is 127. The highest BCUT2D eigenvalue weighted by molar-refractivity contribution is 14.1. The number of rotatable bonds is 3. The van der Waals surface area contributed by atoms with Gasteiger partial charge < -0.3 is 0 Å². The minimum absolute atomic E-state index is 0.0686. The second-order valence-electron chi connectivity index (χ2n) is 3.86. The molecule has 0 N–H and O–H groups in total. The zero-order valence-corrected chi connectivity index (χ0v) is 12.9. The van der Waals surface area contributed by atoms with Gasteiger partial charge in [0.25, 0.3) is 5.56 Å². The monoisotopic (exact) mass is 378 g/mol.